The smallest absolute Gasteiger partial charge is 0.225 e. The lowest BCUT2D eigenvalue weighted by Gasteiger charge is -2.39. The van der Waals surface area contributed by atoms with Crippen LogP contribution in [0, 0.1) is 5.92 Å². The number of nitrogens with zero attached hydrogens (tertiary/aromatic N) is 1. The van der Waals surface area contributed by atoms with Crippen LogP contribution in [0.4, 0.5) is 0 Å². The Balaban J connectivity index is 1.78. The molecule has 4 atom stereocenters. The molecule has 0 radical (unpaired) electrons. The predicted octanol–water partition coefficient (Wildman–Crippen LogP) is 1.86. The van der Waals surface area contributed by atoms with Crippen molar-refractivity contribution in [2.45, 2.75) is 50.7 Å². The minimum atomic E-state index is -0.235. The normalized spacial score (nSPS) is 29.3. The molecule has 3 rings (SSSR count). The highest BCUT2D eigenvalue weighted by atomic mass is 16.5. The number of rotatable bonds is 4. The van der Waals surface area contributed by atoms with E-state index in [2.05, 4.69) is 17.6 Å². The highest BCUT2D eigenvalue weighted by Crippen LogP contribution is 2.36. The van der Waals surface area contributed by atoms with E-state index in [1.165, 1.54) is 0 Å². The SMILES string of the molecule is COc1ccc(C2C(C(=O)NC3CCNC(C)C3)CCC(=O)N2C)cc1. The summed E-state index contributed by atoms with van der Waals surface area (Å²) in [5.74, 6) is 0.689. The van der Waals surface area contributed by atoms with Gasteiger partial charge in [0.2, 0.25) is 11.8 Å². The second-order valence-electron chi connectivity index (χ2n) is 7.45. The van der Waals surface area contributed by atoms with Crippen molar-refractivity contribution in [1.82, 2.24) is 15.5 Å². The maximum absolute atomic E-state index is 13.0. The molecule has 0 saturated carbocycles. The Hall–Kier alpha value is -2.08. The average molecular weight is 359 g/mol. The van der Waals surface area contributed by atoms with Crippen LogP contribution in [0.2, 0.25) is 0 Å². The molecular weight excluding hydrogens is 330 g/mol. The molecule has 6 heteroatoms. The average Bonchev–Trinajstić information content (AvgIpc) is 2.64. The van der Waals surface area contributed by atoms with Gasteiger partial charge in [0.15, 0.2) is 0 Å². The number of methoxy groups -OCH3 is 1. The molecule has 2 aliphatic heterocycles. The van der Waals surface area contributed by atoms with E-state index < -0.39 is 0 Å². The van der Waals surface area contributed by atoms with E-state index in [9.17, 15) is 9.59 Å². The number of carbonyl (C=O) groups excluding carboxylic acids is 2. The maximum atomic E-state index is 13.0. The first-order valence-corrected chi connectivity index (χ1v) is 9.43. The zero-order chi connectivity index (χ0) is 18.7. The number of carbonyl (C=O) groups is 2. The fourth-order valence-electron chi connectivity index (χ4n) is 4.14. The van der Waals surface area contributed by atoms with Crippen LogP contribution in [0.25, 0.3) is 0 Å². The maximum Gasteiger partial charge on any atom is 0.225 e. The van der Waals surface area contributed by atoms with Gasteiger partial charge in [-0.2, -0.15) is 0 Å². The van der Waals surface area contributed by atoms with Crippen LogP contribution < -0.4 is 15.4 Å². The molecule has 0 aromatic heterocycles. The van der Waals surface area contributed by atoms with Crippen LogP contribution in [0.15, 0.2) is 24.3 Å². The molecule has 26 heavy (non-hydrogen) atoms. The van der Waals surface area contributed by atoms with Crippen molar-refractivity contribution in [3.8, 4) is 5.75 Å². The highest BCUT2D eigenvalue weighted by molar-refractivity contribution is 5.85. The first-order chi connectivity index (χ1) is 12.5. The van der Waals surface area contributed by atoms with E-state index in [-0.39, 0.29) is 29.8 Å². The molecule has 2 aliphatic rings. The van der Waals surface area contributed by atoms with Crippen LogP contribution in [0.5, 0.6) is 5.75 Å². The predicted molar refractivity (Wildman–Crippen MR) is 99.9 cm³/mol. The van der Waals surface area contributed by atoms with Crippen molar-refractivity contribution in [3.63, 3.8) is 0 Å². The molecule has 2 saturated heterocycles. The standard InChI is InChI=1S/C20H29N3O3/c1-13-12-15(10-11-21-13)22-20(25)17-8-9-18(24)23(2)19(17)14-4-6-16(26-3)7-5-14/h4-7,13,15,17,19,21H,8-12H2,1-3H3,(H,22,25). The van der Waals surface area contributed by atoms with Crippen LogP contribution >= 0.6 is 0 Å². The summed E-state index contributed by atoms with van der Waals surface area (Å²) in [6.07, 6.45) is 2.90. The Morgan fingerprint density at radius 3 is 2.65 bits per heavy atom. The summed E-state index contributed by atoms with van der Waals surface area (Å²) in [5, 5.41) is 6.64. The quantitative estimate of drug-likeness (QED) is 0.861. The zero-order valence-corrected chi connectivity index (χ0v) is 15.8. The van der Waals surface area contributed by atoms with E-state index in [1.807, 2.05) is 24.3 Å². The van der Waals surface area contributed by atoms with E-state index in [0.29, 0.717) is 18.9 Å². The van der Waals surface area contributed by atoms with E-state index in [4.69, 9.17) is 4.74 Å². The Labute approximate surface area is 155 Å². The summed E-state index contributed by atoms with van der Waals surface area (Å²) in [7, 11) is 3.42. The summed E-state index contributed by atoms with van der Waals surface area (Å²) < 4.78 is 5.22. The van der Waals surface area contributed by atoms with Gasteiger partial charge in [0, 0.05) is 25.6 Å². The number of piperidine rings is 2. The molecule has 1 aromatic carbocycles. The van der Waals surface area contributed by atoms with Gasteiger partial charge in [-0.3, -0.25) is 9.59 Å². The van der Waals surface area contributed by atoms with Gasteiger partial charge in [-0.15, -0.1) is 0 Å². The number of hydrogen-bond acceptors (Lipinski definition) is 4. The van der Waals surface area contributed by atoms with Gasteiger partial charge in [0.05, 0.1) is 19.1 Å². The van der Waals surface area contributed by atoms with Crippen molar-refractivity contribution >= 4 is 11.8 Å². The summed E-state index contributed by atoms with van der Waals surface area (Å²) >= 11 is 0. The molecule has 6 nitrogen and oxygen atoms in total. The summed E-state index contributed by atoms with van der Waals surface area (Å²) in [6, 6.07) is 8.05. The third kappa shape index (κ3) is 4.01. The molecule has 0 aliphatic carbocycles. The van der Waals surface area contributed by atoms with Gasteiger partial charge in [-0.1, -0.05) is 12.1 Å². The summed E-state index contributed by atoms with van der Waals surface area (Å²) in [5.41, 5.74) is 0.972. The number of ether oxygens (including phenoxy) is 1. The number of benzene rings is 1. The molecule has 2 fully saturated rings. The highest BCUT2D eigenvalue weighted by Gasteiger charge is 2.39. The fraction of sp³-hybridized carbons (Fsp3) is 0.600. The van der Waals surface area contributed by atoms with Crippen LogP contribution in [0.3, 0.4) is 0 Å². The van der Waals surface area contributed by atoms with Gasteiger partial charge in [0.25, 0.3) is 0 Å². The molecule has 2 N–H and O–H groups in total. The third-order valence-corrected chi connectivity index (χ3v) is 5.63. The van der Waals surface area contributed by atoms with Crippen molar-refractivity contribution < 1.29 is 14.3 Å². The monoisotopic (exact) mass is 359 g/mol. The largest absolute Gasteiger partial charge is 0.497 e. The first-order valence-electron chi connectivity index (χ1n) is 9.43. The Kier molecular flexibility index (Phi) is 5.81. The number of amides is 2. The molecule has 0 spiro atoms. The van der Waals surface area contributed by atoms with E-state index in [0.717, 1.165) is 30.7 Å². The Morgan fingerprint density at radius 2 is 2.00 bits per heavy atom. The zero-order valence-electron chi connectivity index (χ0n) is 15.8. The number of nitrogens with one attached hydrogen (secondary N) is 2. The number of likely N-dealkylation sites (tertiary alicyclic amines) is 1. The Morgan fingerprint density at radius 1 is 1.27 bits per heavy atom. The van der Waals surface area contributed by atoms with Gasteiger partial charge >= 0.3 is 0 Å². The van der Waals surface area contributed by atoms with Crippen molar-refractivity contribution in [2.24, 2.45) is 5.92 Å². The number of hydrogen-bond donors (Lipinski definition) is 2. The van der Waals surface area contributed by atoms with Crippen molar-refractivity contribution in [1.29, 1.82) is 0 Å². The summed E-state index contributed by atoms with van der Waals surface area (Å²) in [6.45, 7) is 3.07. The topological polar surface area (TPSA) is 70.7 Å². The van der Waals surface area contributed by atoms with Gasteiger partial charge in [-0.25, -0.2) is 0 Å². The van der Waals surface area contributed by atoms with Crippen LogP contribution in [-0.2, 0) is 9.59 Å². The third-order valence-electron chi connectivity index (χ3n) is 5.63. The molecular formula is C20H29N3O3. The molecule has 2 heterocycles. The second kappa shape index (κ2) is 8.08. The Bertz CT molecular complexity index is 646. The summed E-state index contributed by atoms with van der Waals surface area (Å²) in [4.78, 5) is 27.0. The lowest BCUT2D eigenvalue weighted by atomic mass is 9.83. The van der Waals surface area contributed by atoms with Crippen molar-refractivity contribution in [3.05, 3.63) is 29.8 Å². The minimum absolute atomic E-state index is 0.0595. The van der Waals surface area contributed by atoms with E-state index >= 15 is 0 Å². The van der Waals surface area contributed by atoms with Crippen molar-refractivity contribution in [2.75, 3.05) is 20.7 Å². The lowest BCUT2D eigenvalue weighted by Crippen LogP contribution is -2.51. The van der Waals surface area contributed by atoms with Gasteiger partial charge in [-0.05, 0) is 50.4 Å². The van der Waals surface area contributed by atoms with Gasteiger partial charge < -0.3 is 20.3 Å². The first kappa shape index (κ1) is 18.7. The van der Waals surface area contributed by atoms with Gasteiger partial charge in [0.1, 0.15) is 5.75 Å². The van der Waals surface area contributed by atoms with Crippen LogP contribution in [-0.4, -0.2) is 49.5 Å². The second-order valence-corrected chi connectivity index (χ2v) is 7.45. The molecule has 4 unspecified atom stereocenters. The van der Waals surface area contributed by atoms with E-state index in [1.54, 1.807) is 19.1 Å². The molecule has 1 aromatic rings. The molecule has 142 valence electrons. The fourth-order valence-corrected chi connectivity index (χ4v) is 4.14. The van der Waals surface area contributed by atoms with Crippen LogP contribution in [0.1, 0.15) is 44.2 Å². The minimum Gasteiger partial charge on any atom is -0.497 e. The molecule has 0 bridgehead atoms. The lowest BCUT2D eigenvalue weighted by molar-refractivity contribution is -0.142. The molecule has 2 amide bonds.